The summed E-state index contributed by atoms with van der Waals surface area (Å²) >= 11 is 0. The number of alkyl halides is 3. The third-order valence-electron chi connectivity index (χ3n) is 8.04. The maximum Gasteiger partial charge on any atom is 0.417 e. The molecule has 0 bridgehead atoms. The van der Waals surface area contributed by atoms with Crippen molar-refractivity contribution in [3.8, 4) is 23.2 Å². The maximum atomic E-state index is 14.3. The first kappa shape index (κ1) is 32.7. The molecule has 0 aromatic carbocycles. The molecule has 12 nitrogen and oxygen atoms in total. The summed E-state index contributed by atoms with van der Waals surface area (Å²) < 4.78 is 44.4. The van der Waals surface area contributed by atoms with Crippen LogP contribution in [0, 0.1) is 11.8 Å². The van der Waals surface area contributed by atoms with Gasteiger partial charge in [-0.25, -0.2) is 19.3 Å². The van der Waals surface area contributed by atoms with Crippen LogP contribution in [0.25, 0.3) is 16.9 Å². The average molecular weight is 640 g/mol. The van der Waals surface area contributed by atoms with Gasteiger partial charge in [0.2, 0.25) is 11.7 Å². The minimum absolute atomic E-state index is 0.0698. The third kappa shape index (κ3) is 7.74. The first-order chi connectivity index (χ1) is 22.0. The van der Waals surface area contributed by atoms with Gasteiger partial charge in [-0.15, -0.1) is 5.10 Å². The first-order valence-corrected chi connectivity index (χ1v) is 15.2. The zero-order valence-corrected chi connectivity index (χ0v) is 25.8. The van der Waals surface area contributed by atoms with E-state index in [-0.39, 0.29) is 41.7 Å². The van der Waals surface area contributed by atoms with Gasteiger partial charge in [0.15, 0.2) is 11.6 Å². The molecule has 3 aromatic rings. The van der Waals surface area contributed by atoms with Gasteiger partial charge in [0.05, 0.1) is 11.1 Å². The van der Waals surface area contributed by atoms with Crippen molar-refractivity contribution >= 4 is 34.9 Å². The van der Waals surface area contributed by atoms with E-state index in [4.69, 9.17) is 0 Å². The number of nitrogens with one attached hydrogen (secondary N) is 2. The number of amides is 3. The molecule has 244 valence electrons. The molecule has 0 atom stereocenters. The van der Waals surface area contributed by atoms with Crippen LogP contribution in [0.1, 0.15) is 50.2 Å². The quantitative estimate of drug-likeness (QED) is 0.283. The lowest BCUT2D eigenvalue weighted by Crippen LogP contribution is -2.48. The second-order valence-corrected chi connectivity index (χ2v) is 11.3. The lowest BCUT2D eigenvalue weighted by Gasteiger charge is -2.34. The maximum absolute atomic E-state index is 14.3. The summed E-state index contributed by atoms with van der Waals surface area (Å²) in [6.07, 6.45) is 1.27. The SMILES string of the molecule is CC#CC(=O)CCC(=O)N1CCN(Cc2cc3c(N4CCCCC4)nc(-c4cnc(NC(=O)NC)cc4C(F)(F)F)nn3c2)CC1. The van der Waals surface area contributed by atoms with Gasteiger partial charge in [-0.05, 0) is 49.8 Å². The zero-order chi connectivity index (χ0) is 32.8. The molecule has 5 heterocycles. The second kappa shape index (κ2) is 14.2. The van der Waals surface area contributed by atoms with E-state index in [0.29, 0.717) is 44.1 Å². The minimum Gasteiger partial charge on any atom is -0.355 e. The Morgan fingerprint density at radius 3 is 2.41 bits per heavy atom. The molecule has 2 saturated heterocycles. The van der Waals surface area contributed by atoms with Crippen molar-refractivity contribution in [3.63, 3.8) is 0 Å². The molecule has 2 N–H and O–H groups in total. The van der Waals surface area contributed by atoms with Crippen LogP contribution in [-0.4, -0.2) is 93.4 Å². The van der Waals surface area contributed by atoms with Crippen molar-refractivity contribution < 1.29 is 27.6 Å². The molecule has 0 radical (unpaired) electrons. The van der Waals surface area contributed by atoms with Crippen LogP contribution >= 0.6 is 0 Å². The number of nitrogens with zero attached hydrogens (tertiary/aromatic N) is 7. The molecule has 0 aliphatic carbocycles. The topological polar surface area (TPSA) is 128 Å². The van der Waals surface area contributed by atoms with Crippen molar-refractivity contribution in [2.24, 2.45) is 0 Å². The normalized spacial score (nSPS) is 15.8. The van der Waals surface area contributed by atoms with Gasteiger partial charge in [0.1, 0.15) is 11.3 Å². The van der Waals surface area contributed by atoms with E-state index in [9.17, 15) is 27.6 Å². The lowest BCUT2D eigenvalue weighted by atomic mass is 10.1. The van der Waals surface area contributed by atoms with Gasteiger partial charge in [-0.3, -0.25) is 19.8 Å². The molecule has 0 saturated carbocycles. The van der Waals surface area contributed by atoms with E-state index < -0.39 is 17.8 Å². The van der Waals surface area contributed by atoms with Crippen LogP contribution in [0.4, 0.5) is 29.6 Å². The van der Waals surface area contributed by atoms with Crippen LogP contribution in [0.15, 0.2) is 24.5 Å². The highest BCUT2D eigenvalue weighted by molar-refractivity contribution is 5.97. The Balaban J connectivity index is 1.40. The third-order valence-corrected chi connectivity index (χ3v) is 8.04. The predicted molar refractivity (Wildman–Crippen MR) is 165 cm³/mol. The minimum atomic E-state index is -4.76. The number of hydrogen-bond donors (Lipinski definition) is 2. The Morgan fingerprint density at radius 2 is 1.74 bits per heavy atom. The highest BCUT2D eigenvalue weighted by atomic mass is 19.4. The Bertz CT molecular complexity index is 1660. The summed E-state index contributed by atoms with van der Waals surface area (Å²) in [6.45, 7) is 5.91. The summed E-state index contributed by atoms with van der Waals surface area (Å²) in [5.74, 6) is 4.86. The number of halogens is 3. The van der Waals surface area contributed by atoms with Crippen LogP contribution in [0.2, 0.25) is 0 Å². The van der Waals surface area contributed by atoms with Crippen LogP contribution in [0.3, 0.4) is 0 Å². The van der Waals surface area contributed by atoms with Gasteiger partial charge in [0.25, 0.3) is 0 Å². The molecule has 3 aromatic heterocycles. The molecule has 0 spiro atoms. The van der Waals surface area contributed by atoms with Gasteiger partial charge in [0, 0.05) is 78.1 Å². The van der Waals surface area contributed by atoms with Crippen molar-refractivity contribution in [1.29, 1.82) is 0 Å². The molecular formula is C31H36F3N9O3. The molecular weight excluding hydrogens is 603 g/mol. The van der Waals surface area contributed by atoms with Gasteiger partial charge in [-0.1, -0.05) is 5.92 Å². The van der Waals surface area contributed by atoms with Gasteiger partial charge >= 0.3 is 12.2 Å². The van der Waals surface area contributed by atoms with E-state index in [1.165, 1.54) is 7.05 Å². The number of Topliss-reactive ketones (excluding diaryl/α,β-unsaturated/α-hetero) is 1. The van der Waals surface area contributed by atoms with Crippen molar-refractivity contribution in [2.45, 2.75) is 51.7 Å². The first-order valence-electron chi connectivity index (χ1n) is 15.2. The van der Waals surface area contributed by atoms with Gasteiger partial charge in [-0.2, -0.15) is 13.2 Å². The molecule has 5 rings (SSSR count). The number of ketones is 1. The number of carbonyl (C=O) groups excluding carboxylic acids is 3. The summed E-state index contributed by atoms with van der Waals surface area (Å²) in [6, 6.07) is 2.05. The van der Waals surface area contributed by atoms with E-state index in [1.807, 2.05) is 6.07 Å². The number of piperazine rings is 1. The van der Waals surface area contributed by atoms with Crippen molar-refractivity contribution in [3.05, 3.63) is 35.7 Å². The second-order valence-electron chi connectivity index (χ2n) is 11.3. The van der Waals surface area contributed by atoms with Crippen molar-refractivity contribution in [2.75, 3.05) is 56.5 Å². The summed E-state index contributed by atoms with van der Waals surface area (Å²) in [5, 5.41) is 9.08. The molecule has 2 aliphatic heterocycles. The molecule has 2 aliphatic rings. The molecule has 15 heteroatoms. The Hall–Kier alpha value is -4.71. The number of fused-ring (bicyclic) bond motifs is 1. The number of urea groups is 1. The molecule has 2 fully saturated rings. The smallest absolute Gasteiger partial charge is 0.355 e. The van der Waals surface area contributed by atoms with Gasteiger partial charge < -0.3 is 15.1 Å². The van der Waals surface area contributed by atoms with E-state index in [0.717, 1.165) is 50.2 Å². The molecule has 3 amide bonds. The number of hydrogen-bond acceptors (Lipinski definition) is 8. The average Bonchev–Trinajstić information content (AvgIpc) is 3.46. The highest BCUT2D eigenvalue weighted by Gasteiger charge is 2.36. The summed E-state index contributed by atoms with van der Waals surface area (Å²) in [4.78, 5) is 50.7. The van der Waals surface area contributed by atoms with E-state index in [1.54, 1.807) is 22.5 Å². The number of aromatic nitrogens is 4. The number of piperidine rings is 1. The molecule has 0 unspecified atom stereocenters. The highest BCUT2D eigenvalue weighted by Crippen LogP contribution is 2.38. The number of anilines is 2. The summed E-state index contributed by atoms with van der Waals surface area (Å²) in [7, 11) is 1.35. The number of carbonyl (C=O) groups is 3. The Morgan fingerprint density at radius 1 is 1.00 bits per heavy atom. The number of rotatable bonds is 8. The van der Waals surface area contributed by atoms with Crippen LogP contribution in [-0.2, 0) is 22.3 Å². The largest absolute Gasteiger partial charge is 0.417 e. The van der Waals surface area contributed by atoms with E-state index in [2.05, 4.69) is 47.3 Å². The zero-order valence-electron chi connectivity index (χ0n) is 25.8. The van der Waals surface area contributed by atoms with Crippen LogP contribution in [0.5, 0.6) is 0 Å². The van der Waals surface area contributed by atoms with Crippen LogP contribution < -0.4 is 15.5 Å². The lowest BCUT2D eigenvalue weighted by molar-refractivity contribution is -0.137. The monoisotopic (exact) mass is 639 g/mol. The number of pyridine rings is 1. The fourth-order valence-electron chi connectivity index (χ4n) is 5.69. The Kier molecular flexibility index (Phi) is 10.1. The predicted octanol–water partition coefficient (Wildman–Crippen LogP) is 3.57. The fraction of sp³-hybridized carbons (Fsp3) is 0.484. The Labute approximate surface area is 264 Å². The van der Waals surface area contributed by atoms with Crippen molar-refractivity contribution in [1.82, 2.24) is 34.7 Å². The standard InChI is InChI=1S/C31H36F3N9O3/c1-3-7-22(44)8-9-27(45)41-14-12-40(13-15-41)19-21-16-25-29(42-10-5-4-6-11-42)38-28(39-43(25)20-21)23-18-36-26(37-30(46)35-2)17-24(23)31(32,33)34/h16-18,20H,4-6,8-15,19H2,1-2H3,(H2,35,36,37,46). The molecule has 46 heavy (non-hydrogen) atoms. The van der Waals surface area contributed by atoms with E-state index >= 15 is 0 Å². The fourth-order valence-corrected chi connectivity index (χ4v) is 5.69. The summed E-state index contributed by atoms with van der Waals surface area (Å²) in [5.41, 5.74) is 0.288.